The quantitative estimate of drug-likeness (QED) is 0.933. The number of methoxy groups -OCH3 is 1. The molecule has 4 heteroatoms. The molecule has 2 nitrogen and oxygen atoms in total. The summed E-state index contributed by atoms with van der Waals surface area (Å²) in [6.45, 7) is 0. The Morgan fingerprint density at radius 2 is 2.20 bits per heavy atom. The number of hydrogen-bond acceptors (Lipinski definition) is 4. The largest absolute Gasteiger partial charge is 0.496 e. The number of nitrogens with two attached hydrogens (primary N) is 1. The molecular formula is C16H19NOS2. The smallest absolute Gasteiger partial charge is 0.122 e. The van der Waals surface area contributed by atoms with E-state index < -0.39 is 0 Å². The van der Waals surface area contributed by atoms with Crippen molar-refractivity contribution in [1.29, 1.82) is 0 Å². The first kappa shape index (κ1) is 14.0. The molecule has 1 atom stereocenters. The van der Waals surface area contributed by atoms with Crippen molar-refractivity contribution >= 4 is 23.1 Å². The van der Waals surface area contributed by atoms with Gasteiger partial charge in [0.25, 0.3) is 0 Å². The zero-order chi connectivity index (χ0) is 13.9. The standard InChI is InChI=1S/C16H19NOS2/c1-18-14-5-3-2-4-11(14)8-13(17)16-9-12-10-19-7-6-15(12)20-16/h2-5,9,13H,6-8,10,17H2,1H3. The van der Waals surface area contributed by atoms with Crippen LogP contribution in [0.2, 0.25) is 0 Å². The molecule has 0 bridgehead atoms. The summed E-state index contributed by atoms with van der Waals surface area (Å²) in [5.74, 6) is 3.32. The Bertz CT molecular complexity index is 570. The number of para-hydroxylation sites is 1. The van der Waals surface area contributed by atoms with Crippen molar-refractivity contribution in [2.45, 2.75) is 24.6 Å². The van der Waals surface area contributed by atoms with Crippen LogP contribution in [0, 0.1) is 0 Å². The van der Waals surface area contributed by atoms with Crippen molar-refractivity contribution in [3.8, 4) is 5.75 Å². The second-order valence-electron chi connectivity index (χ2n) is 5.02. The lowest BCUT2D eigenvalue weighted by Gasteiger charge is -2.12. The molecule has 1 aromatic heterocycles. The molecule has 20 heavy (non-hydrogen) atoms. The van der Waals surface area contributed by atoms with Crippen LogP contribution in [-0.4, -0.2) is 12.9 Å². The molecule has 3 rings (SSSR count). The van der Waals surface area contributed by atoms with E-state index in [1.807, 2.05) is 41.3 Å². The third-order valence-electron chi connectivity index (χ3n) is 3.64. The molecule has 0 saturated carbocycles. The SMILES string of the molecule is COc1ccccc1CC(N)c1cc2c(s1)CCSC2. The third kappa shape index (κ3) is 2.87. The lowest BCUT2D eigenvalue weighted by molar-refractivity contribution is 0.408. The van der Waals surface area contributed by atoms with Gasteiger partial charge in [-0.25, -0.2) is 0 Å². The molecule has 0 radical (unpaired) electrons. The van der Waals surface area contributed by atoms with E-state index in [-0.39, 0.29) is 6.04 Å². The number of hydrogen-bond donors (Lipinski definition) is 1. The Balaban J connectivity index is 1.79. The number of thioether (sulfide) groups is 1. The molecule has 0 amide bonds. The molecule has 106 valence electrons. The van der Waals surface area contributed by atoms with Crippen LogP contribution in [0.15, 0.2) is 30.3 Å². The minimum atomic E-state index is 0.0619. The van der Waals surface area contributed by atoms with E-state index in [9.17, 15) is 0 Å². The van der Waals surface area contributed by atoms with Crippen molar-refractivity contribution in [2.75, 3.05) is 12.9 Å². The lowest BCUT2D eigenvalue weighted by Crippen LogP contribution is -2.12. The predicted octanol–water partition coefficient (Wildman–Crippen LogP) is 3.79. The topological polar surface area (TPSA) is 35.2 Å². The molecule has 0 aliphatic carbocycles. The molecule has 0 fully saturated rings. The summed E-state index contributed by atoms with van der Waals surface area (Å²) in [6, 6.07) is 10.5. The van der Waals surface area contributed by atoms with Crippen molar-refractivity contribution in [2.24, 2.45) is 5.73 Å². The van der Waals surface area contributed by atoms with Crippen LogP contribution in [0.1, 0.15) is 26.9 Å². The second kappa shape index (κ2) is 6.20. The van der Waals surface area contributed by atoms with Crippen molar-refractivity contribution in [3.05, 3.63) is 51.2 Å². The highest BCUT2D eigenvalue weighted by Crippen LogP contribution is 2.35. The highest BCUT2D eigenvalue weighted by molar-refractivity contribution is 7.98. The van der Waals surface area contributed by atoms with Crippen molar-refractivity contribution in [1.82, 2.24) is 0 Å². The number of thiophene rings is 1. The van der Waals surface area contributed by atoms with Gasteiger partial charge in [0.1, 0.15) is 5.75 Å². The van der Waals surface area contributed by atoms with Crippen LogP contribution >= 0.6 is 23.1 Å². The van der Waals surface area contributed by atoms with Gasteiger partial charge < -0.3 is 10.5 Å². The van der Waals surface area contributed by atoms with Crippen LogP contribution < -0.4 is 10.5 Å². The van der Waals surface area contributed by atoms with Crippen LogP contribution in [-0.2, 0) is 18.6 Å². The Kier molecular flexibility index (Phi) is 4.34. The summed E-state index contributed by atoms with van der Waals surface area (Å²) in [4.78, 5) is 2.85. The fourth-order valence-electron chi connectivity index (χ4n) is 2.56. The normalized spacial score (nSPS) is 15.7. The van der Waals surface area contributed by atoms with Gasteiger partial charge in [0.2, 0.25) is 0 Å². The van der Waals surface area contributed by atoms with Gasteiger partial charge in [-0.1, -0.05) is 18.2 Å². The molecule has 2 N–H and O–H groups in total. The lowest BCUT2D eigenvalue weighted by atomic mass is 10.0. The van der Waals surface area contributed by atoms with E-state index in [1.165, 1.54) is 33.1 Å². The van der Waals surface area contributed by atoms with Crippen LogP contribution in [0.3, 0.4) is 0 Å². The van der Waals surface area contributed by atoms with Crippen LogP contribution in [0.5, 0.6) is 5.75 Å². The number of ether oxygens (including phenoxy) is 1. The van der Waals surface area contributed by atoms with Gasteiger partial charge in [0.05, 0.1) is 7.11 Å². The second-order valence-corrected chi connectivity index (χ2v) is 7.30. The Morgan fingerprint density at radius 3 is 3.00 bits per heavy atom. The molecule has 2 aromatic rings. The van der Waals surface area contributed by atoms with E-state index in [0.29, 0.717) is 0 Å². The minimum Gasteiger partial charge on any atom is -0.496 e. The molecule has 1 aromatic carbocycles. The van der Waals surface area contributed by atoms with Gasteiger partial charge in [-0.15, -0.1) is 11.3 Å². The summed E-state index contributed by atoms with van der Waals surface area (Å²) < 4.78 is 5.41. The van der Waals surface area contributed by atoms with Crippen molar-refractivity contribution < 1.29 is 4.74 Å². The third-order valence-corrected chi connectivity index (χ3v) is 6.02. The van der Waals surface area contributed by atoms with E-state index in [1.54, 1.807) is 7.11 Å². The molecule has 1 unspecified atom stereocenters. The van der Waals surface area contributed by atoms with Crippen LogP contribution in [0.4, 0.5) is 0 Å². The summed E-state index contributed by atoms with van der Waals surface area (Å²) in [7, 11) is 1.71. The fourth-order valence-corrected chi connectivity index (χ4v) is 4.94. The number of rotatable bonds is 4. The molecule has 1 aliphatic heterocycles. The molecule has 1 aliphatic rings. The first-order valence-corrected chi connectivity index (χ1v) is 8.81. The average Bonchev–Trinajstić information content (AvgIpc) is 2.92. The maximum absolute atomic E-state index is 6.41. The fraction of sp³-hybridized carbons (Fsp3) is 0.375. The maximum atomic E-state index is 6.41. The Labute approximate surface area is 128 Å². The maximum Gasteiger partial charge on any atom is 0.122 e. The zero-order valence-corrected chi connectivity index (χ0v) is 13.2. The molecule has 2 heterocycles. The minimum absolute atomic E-state index is 0.0619. The summed E-state index contributed by atoms with van der Waals surface area (Å²) in [5.41, 5.74) is 9.09. The first-order chi connectivity index (χ1) is 9.78. The van der Waals surface area contributed by atoms with Gasteiger partial charge in [0.15, 0.2) is 0 Å². The number of aryl methyl sites for hydroxylation is 1. The first-order valence-electron chi connectivity index (χ1n) is 6.84. The number of fused-ring (bicyclic) bond motifs is 1. The van der Waals surface area contributed by atoms with Crippen molar-refractivity contribution in [3.63, 3.8) is 0 Å². The highest BCUT2D eigenvalue weighted by Gasteiger charge is 2.18. The van der Waals surface area contributed by atoms with Gasteiger partial charge >= 0.3 is 0 Å². The monoisotopic (exact) mass is 305 g/mol. The van der Waals surface area contributed by atoms with Crippen LogP contribution in [0.25, 0.3) is 0 Å². The summed E-state index contributed by atoms with van der Waals surface area (Å²) in [5, 5.41) is 0. The summed E-state index contributed by atoms with van der Waals surface area (Å²) >= 11 is 3.92. The van der Waals surface area contributed by atoms with Gasteiger partial charge in [-0.05, 0) is 41.9 Å². The average molecular weight is 305 g/mol. The highest BCUT2D eigenvalue weighted by atomic mass is 32.2. The zero-order valence-electron chi connectivity index (χ0n) is 11.6. The molecule has 0 spiro atoms. The van der Waals surface area contributed by atoms with E-state index >= 15 is 0 Å². The Morgan fingerprint density at radius 1 is 1.35 bits per heavy atom. The van der Waals surface area contributed by atoms with Gasteiger partial charge in [-0.2, -0.15) is 11.8 Å². The van der Waals surface area contributed by atoms with Gasteiger partial charge in [-0.3, -0.25) is 0 Å². The van der Waals surface area contributed by atoms with E-state index in [4.69, 9.17) is 10.5 Å². The van der Waals surface area contributed by atoms with Gasteiger partial charge in [0, 0.05) is 21.5 Å². The molecular weight excluding hydrogens is 286 g/mol. The summed E-state index contributed by atoms with van der Waals surface area (Å²) in [6.07, 6.45) is 2.03. The van der Waals surface area contributed by atoms with E-state index in [0.717, 1.165) is 17.9 Å². The predicted molar refractivity (Wildman–Crippen MR) is 87.8 cm³/mol. The number of benzene rings is 1. The molecule has 0 saturated heterocycles. The van der Waals surface area contributed by atoms with E-state index in [2.05, 4.69) is 12.1 Å². The Hall–Kier alpha value is -0.970.